The molecular weight excluding hydrogens is 280 g/mol. The van der Waals surface area contributed by atoms with Crippen molar-refractivity contribution >= 4 is 17.6 Å². The van der Waals surface area contributed by atoms with Crippen LogP contribution in [0.2, 0.25) is 0 Å². The van der Waals surface area contributed by atoms with Gasteiger partial charge < -0.3 is 15.4 Å². The Morgan fingerprint density at radius 1 is 1.36 bits per heavy atom. The second-order valence-electron chi connectivity index (χ2n) is 6.26. The van der Waals surface area contributed by atoms with Crippen LogP contribution in [0.3, 0.4) is 0 Å². The van der Waals surface area contributed by atoms with Gasteiger partial charge in [-0.15, -0.1) is 0 Å². The Bertz CT molecular complexity index is 587. The molecule has 3 rings (SSSR count). The SMILES string of the molecule is COC(=O)c1cccc(NC(=O)[C@@]23CCCC[C@H]2CNC3)c1. The van der Waals surface area contributed by atoms with Gasteiger partial charge in [-0.05, 0) is 43.5 Å². The fourth-order valence-electron chi connectivity index (χ4n) is 3.79. The second-order valence-corrected chi connectivity index (χ2v) is 6.26. The lowest BCUT2D eigenvalue weighted by molar-refractivity contribution is -0.128. The molecule has 1 aromatic carbocycles. The van der Waals surface area contributed by atoms with Gasteiger partial charge in [-0.25, -0.2) is 4.79 Å². The maximum absolute atomic E-state index is 12.9. The minimum absolute atomic E-state index is 0.0733. The molecule has 2 atom stereocenters. The van der Waals surface area contributed by atoms with Gasteiger partial charge in [0.15, 0.2) is 0 Å². The third-order valence-electron chi connectivity index (χ3n) is 5.03. The zero-order valence-corrected chi connectivity index (χ0v) is 12.9. The van der Waals surface area contributed by atoms with Crippen LogP contribution in [0.5, 0.6) is 0 Å². The van der Waals surface area contributed by atoms with Crippen LogP contribution in [0.1, 0.15) is 36.0 Å². The number of benzene rings is 1. The van der Waals surface area contributed by atoms with E-state index in [0.717, 1.165) is 32.4 Å². The van der Waals surface area contributed by atoms with Gasteiger partial charge in [-0.1, -0.05) is 18.9 Å². The van der Waals surface area contributed by atoms with Crippen molar-refractivity contribution in [2.24, 2.45) is 11.3 Å². The van der Waals surface area contributed by atoms with Crippen LogP contribution in [0.4, 0.5) is 5.69 Å². The molecule has 2 aliphatic rings. The quantitative estimate of drug-likeness (QED) is 0.840. The second kappa shape index (κ2) is 6.08. The van der Waals surface area contributed by atoms with Crippen LogP contribution < -0.4 is 10.6 Å². The Balaban J connectivity index is 1.78. The third-order valence-corrected chi connectivity index (χ3v) is 5.03. The van der Waals surface area contributed by atoms with Gasteiger partial charge >= 0.3 is 5.97 Å². The molecule has 1 saturated carbocycles. The Morgan fingerprint density at radius 3 is 3.05 bits per heavy atom. The van der Waals surface area contributed by atoms with Crippen molar-refractivity contribution in [3.8, 4) is 0 Å². The largest absolute Gasteiger partial charge is 0.465 e. The molecule has 118 valence electrons. The number of carbonyl (C=O) groups excluding carboxylic acids is 2. The zero-order valence-electron chi connectivity index (χ0n) is 12.9. The highest BCUT2D eigenvalue weighted by atomic mass is 16.5. The average Bonchev–Trinajstić information content (AvgIpc) is 2.99. The first-order valence-corrected chi connectivity index (χ1v) is 7.86. The van der Waals surface area contributed by atoms with Crippen LogP contribution in [-0.4, -0.2) is 32.1 Å². The van der Waals surface area contributed by atoms with E-state index in [1.807, 2.05) is 0 Å². The predicted molar refractivity (Wildman–Crippen MR) is 83.7 cm³/mol. The number of ether oxygens (including phenoxy) is 1. The van der Waals surface area contributed by atoms with E-state index in [1.54, 1.807) is 24.3 Å². The molecule has 2 N–H and O–H groups in total. The number of amides is 1. The van der Waals surface area contributed by atoms with E-state index in [0.29, 0.717) is 17.2 Å². The fraction of sp³-hybridized carbons (Fsp3) is 0.529. The third kappa shape index (κ3) is 2.61. The van der Waals surface area contributed by atoms with E-state index in [1.165, 1.54) is 13.5 Å². The molecule has 2 fully saturated rings. The molecule has 5 nitrogen and oxygen atoms in total. The summed E-state index contributed by atoms with van der Waals surface area (Å²) in [4.78, 5) is 24.4. The lowest BCUT2D eigenvalue weighted by Gasteiger charge is -2.37. The number of nitrogens with one attached hydrogen (secondary N) is 2. The standard InChI is InChI=1S/C17H22N2O3/c1-22-15(20)12-5-4-7-14(9-12)19-16(21)17-8-3-2-6-13(17)10-18-11-17/h4-5,7,9,13,18H,2-3,6,8,10-11H2,1H3,(H,19,21)/t13-,17+/m0/s1. The normalized spacial score (nSPS) is 27.0. The van der Waals surface area contributed by atoms with E-state index in [9.17, 15) is 9.59 Å². The molecule has 1 amide bonds. The van der Waals surface area contributed by atoms with Gasteiger partial charge in [-0.2, -0.15) is 0 Å². The number of hydrogen-bond acceptors (Lipinski definition) is 4. The van der Waals surface area contributed by atoms with Gasteiger partial charge in [0.1, 0.15) is 0 Å². The number of methoxy groups -OCH3 is 1. The molecule has 0 radical (unpaired) electrons. The van der Waals surface area contributed by atoms with Crippen molar-refractivity contribution in [1.29, 1.82) is 0 Å². The number of esters is 1. The molecule has 1 saturated heterocycles. The number of rotatable bonds is 3. The Morgan fingerprint density at radius 2 is 2.23 bits per heavy atom. The lowest BCUT2D eigenvalue weighted by atomic mass is 9.67. The van der Waals surface area contributed by atoms with E-state index >= 15 is 0 Å². The topological polar surface area (TPSA) is 67.4 Å². The van der Waals surface area contributed by atoms with Crippen molar-refractivity contribution in [2.75, 3.05) is 25.5 Å². The summed E-state index contributed by atoms with van der Waals surface area (Å²) in [6.07, 6.45) is 4.36. The summed E-state index contributed by atoms with van der Waals surface area (Å²) in [6, 6.07) is 6.91. The van der Waals surface area contributed by atoms with Crippen LogP contribution in [0.25, 0.3) is 0 Å². The Labute approximate surface area is 130 Å². The maximum Gasteiger partial charge on any atom is 0.337 e. The van der Waals surface area contributed by atoms with Crippen molar-refractivity contribution in [3.05, 3.63) is 29.8 Å². The first kappa shape index (κ1) is 15.0. The highest BCUT2D eigenvalue weighted by Gasteiger charge is 2.49. The first-order chi connectivity index (χ1) is 10.7. The molecule has 1 aliphatic carbocycles. The molecule has 1 aromatic rings. The summed E-state index contributed by atoms with van der Waals surface area (Å²) in [5.74, 6) is 0.0987. The zero-order chi connectivity index (χ0) is 15.6. The van der Waals surface area contributed by atoms with Gasteiger partial charge in [0.25, 0.3) is 0 Å². The van der Waals surface area contributed by atoms with Gasteiger partial charge in [0, 0.05) is 12.2 Å². The molecule has 0 bridgehead atoms. The molecule has 5 heteroatoms. The van der Waals surface area contributed by atoms with Gasteiger partial charge in [-0.3, -0.25) is 4.79 Å². The van der Waals surface area contributed by atoms with Gasteiger partial charge in [0.2, 0.25) is 5.91 Å². The fourth-order valence-corrected chi connectivity index (χ4v) is 3.79. The average molecular weight is 302 g/mol. The van der Waals surface area contributed by atoms with Crippen LogP contribution in [0.15, 0.2) is 24.3 Å². The monoisotopic (exact) mass is 302 g/mol. The Kier molecular flexibility index (Phi) is 4.16. The van der Waals surface area contributed by atoms with Crippen molar-refractivity contribution < 1.29 is 14.3 Å². The number of anilines is 1. The molecule has 0 aromatic heterocycles. The molecule has 22 heavy (non-hydrogen) atoms. The van der Waals surface area contributed by atoms with Crippen LogP contribution in [0, 0.1) is 11.3 Å². The highest BCUT2D eigenvalue weighted by Crippen LogP contribution is 2.44. The van der Waals surface area contributed by atoms with Gasteiger partial charge in [0.05, 0.1) is 18.1 Å². The number of hydrogen-bond donors (Lipinski definition) is 2. The highest BCUT2D eigenvalue weighted by molar-refractivity contribution is 5.97. The van der Waals surface area contributed by atoms with E-state index in [-0.39, 0.29) is 11.3 Å². The minimum atomic E-state index is -0.396. The van der Waals surface area contributed by atoms with Crippen molar-refractivity contribution in [1.82, 2.24) is 5.32 Å². The van der Waals surface area contributed by atoms with E-state index < -0.39 is 5.97 Å². The van der Waals surface area contributed by atoms with Crippen molar-refractivity contribution in [2.45, 2.75) is 25.7 Å². The minimum Gasteiger partial charge on any atom is -0.465 e. The van der Waals surface area contributed by atoms with Crippen molar-refractivity contribution in [3.63, 3.8) is 0 Å². The number of fused-ring (bicyclic) bond motifs is 1. The van der Waals surface area contributed by atoms with Crippen LogP contribution in [-0.2, 0) is 9.53 Å². The van der Waals surface area contributed by atoms with Crippen LogP contribution >= 0.6 is 0 Å². The summed E-state index contributed by atoms with van der Waals surface area (Å²) in [5.41, 5.74) is 0.806. The molecule has 0 spiro atoms. The predicted octanol–water partition coefficient (Wildman–Crippen LogP) is 2.19. The molecular formula is C17H22N2O3. The lowest BCUT2D eigenvalue weighted by Crippen LogP contribution is -2.44. The van der Waals surface area contributed by atoms with E-state index in [4.69, 9.17) is 4.74 Å². The summed E-state index contributed by atoms with van der Waals surface area (Å²) in [7, 11) is 1.35. The molecule has 1 heterocycles. The molecule has 0 unspecified atom stereocenters. The Hall–Kier alpha value is -1.88. The summed E-state index contributed by atoms with van der Waals surface area (Å²) < 4.78 is 4.72. The summed E-state index contributed by atoms with van der Waals surface area (Å²) in [5, 5.41) is 6.38. The summed E-state index contributed by atoms with van der Waals surface area (Å²) in [6.45, 7) is 1.68. The number of carbonyl (C=O) groups is 2. The first-order valence-electron chi connectivity index (χ1n) is 7.86. The maximum atomic E-state index is 12.9. The van der Waals surface area contributed by atoms with E-state index in [2.05, 4.69) is 10.6 Å². The smallest absolute Gasteiger partial charge is 0.337 e. The summed E-state index contributed by atoms with van der Waals surface area (Å²) >= 11 is 0. The molecule has 1 aliphatic heterocycles.